The number of nitrogens with two attached hydrogens (primary N) is 1. The van der Waals surface area contributed by atoms with Gasteiger partial charge in [0.2, 0.25) is 0 Å². The number of halogens is 2. The van der Waals surface area contributed by atoms with Gasteiger partial charge in [0, 0.05) is 19.3 Å². The van der Waals surface area contributed by atoms with Crippen LogP contribution in [0.15, 0.2) is 12.3 Å². The SMILES string of the molecule is CCN(CC(C)CN)c1ncc(Cl)cc1Cl. The van der Waals surface area contributed by atoms with Gasteiger partial charge in [0.15, 0.2) is 0 Å². The average molecular weight is 262 g/mol. The van der Waals surface area contributed by atoms with E-state index in [-0.39, 0.29) is 0 Å². The van der Waals surface area contributed by atoms with Crippen LogP contribution in [0.2, 0.25) is 10.0 Å². The highest BCUT2D eigenvalue weighted by atomic mass is 35.5. The molecule has 0 aliphatic carbocycles. The van der Waals surface area contributed by atoms with Crippen molar-refractivity contribution in [2.45, 2.75) is 13.8 Å². The van der Waals surface area contributed by atoms with E-state index >= 15 is 0 Å². The topological polar surface area (TPSA) is 42.1 Å². The molecule has 0 aromatic carbocycles. The van der Waals surface area contributed by atoms with Crippen molar-refractivity contribution in [2.75, 3.05) is 24.5 Å². The number of hydrogen-bond donors (Lipinski definition) is 1. The van der Waals surface area contributed by atoms with Crippen molar-refractivity contribution in [1.29, 1.82) is 0 Å². The Morgan fingerprint density at radius 3 is 2.69 bits per heavy atom. The number of rotatable bonds is 5. The predicted octanol–water partition coefficient (Wildman–Crippen LogP) is 2.81. The van der Waals surface area contributed by atoms with Gasteiger partial charge in [0.1, 0.15) is 5.82 Å². The second-order valence-corrected chi connectivity index (χ2v) is 4.68. The van der Waals surface area contributed by atoms with Gasteiger partial charge in [0.05, 0.1) is 10.0 Å². The summed E-state index contributed by atoms with van der Waals surface area (Å²) in [7, 11) is 0. The first-order valence-electron chi connectivity index (χ1n) is 5.34. The van der Waals surface area contributed by atoms with Crippen molar-refractivity contribution in [3.63, 3.8) is 0 Å². The summed E-state index contributed by atoms with van der Waals surface area (Å²) >= 11 is 11.9. The van der Waals surface area contributed by atoms with E-state index in [4.69, 9.17) is 28.9 Å². The zero-order valence-corrected chi connectivity index (χ0v) is 11.1. The largest absolute Gasteiger partial charge is 0.355 e. The fourth-order valence-corrected chi connectivity index (χ4v) is 1.96. The van der Waals surface area contributed by atoms with E-state index in [9.17, 15) is 0 Å². The van der Waals surface area contributed by atoms with E-state index in [2.05, 4.69) is 23.7 Å². The van der Waals surface area contributed by atoms with Crippen LogP contribution in [0.25, 0.3) is 0 Å². The Labute approximate surface area is 107 Å². The predicted molar refractivity (Wildman–Crippen MR) is 70.4 cm³/mol. The Bertz CT molecular complexity index is 344. The minimum absolute atomic E-state index is 0.411. The van der Waals surface area contributed by atoms with Gasteiger partial charge in [-0.3, -0.25) is 0 Å². The zero-order chi connectivity index (χ0) is 12.1. The van der Waals surface area contributed by atoms with Gasteiger partial charge >= 0.3 is 0 Å². The van der Waals surface area contributed by atoms with Gasteiger partial charge in [0.25, 0.3) is 0 Å². The highest BCUT2D eigenvalue weighted by Crippen LogP contribution is 2.26. The Balaban J connectivity index is 2.86. The number of aromatic nitrogens is 1. The lowest BCUT2D eigenvalue weighted by molar-refractivity contribution is 0.573. The molecule has 3 nitrogen and oxygen atoms in total. The minimum atomic E-state index is 0.411. The molecule has 0 radical (unpaired) electrons. The van der Waals surface area contributed by atoms with Crippen LogP contribution in [0, 0.1) is 5.92 Å². The van der Waals surface area contributed by atoms with E-state index in [1.165, 1.54) is 0 Å². The van der Waals surface area contributed by atoms with E-state index in [1.807, 2.05) is 0 Å². The van der Waals surface area contributed by atoms with Crippen LogP contribution in [0.4, 0.5) is 5.82 Å². The molecule has 2 N–H and O–H groups in total. The molecule has 0 amide bonds. The molecule has 16 heavy (non-hydrogen) atoms. The fraction of sp³-hybridized carbons (Fsp3) is 0.545. The van der Waals surface area contributed by atoms with Crippen molar-refractivity contribution >= 4 is 29.0 Å². The molecule has 0 aliphatic heterocycles. The summed E-state index contributed by atoms with van der Waals surface area (Å²) in [5.41, 5.74) is 5.61. The first kappa shape index (κ1) is 13.6. The molecular formula is C11H17Cl2N3. The monoisotopic (exact) mass is 261 g/mol. The lowest BCUT2D eigenvalue weighted by Gasteiger charge is -2.25. The third kappa shape index (κ3) is 3.51. The van der Waals surface area contributed by atoms with Crippen molar-refractivity contribution < 1.29 is 0 Å². The Kier molecular flexibility index (Phi) is 5.32. The highest BCUT2D eigenvalue weighted by molar-refractivity contribution is 6.36. The number of anilines is 1. The maximum atomic E-state index is 6.11. The quantitative estimate of drug-likeness (QED) is 0.887. The fourth-order valence-electron chi connectivity index (χ4n) is 1.46. The summed E-state index contributed by atoms with van der Waals surface area (Å²) in [6.45, 7) is 6.52. The molecule has 1 rings (SSSR count). The molecule has 1 aromatic heterocycles. The van der Waals surface area contributed by atoms with Crippen LogP contribution in [0.3, 0.4) is 0 Å². The molecule has 0 fully saturated rings. The second-order valence-electron chi connectivity index (χ2n) is 3.84. The summed E-state index contributed by atoms with van der Waals surface area (Å²) < 4.78 is 0. The molecule has 0 aliphatic rings. The first-order chi connectivity index (χ1) is 7.58. The zero-order valence-electron chi connectivity index (χ0n) is 9.58. The maximum absolute atomic E-state index is 6.11. The molecule has 90 valence electrons. The number of pyridine rings is 1. The molecule has 1 atom stereocenters. The minimum Gasteiger partial charge on any atom is -0.355 e. The molecule has 1 unspecified atom stereocenters. The lowest BCUT2D eigenvalue weighted by atomic mass is 10.1. The summed E-state index contributed by atoms with van der Waals surface area (Å²) in [6, 6.07) is 1.71. The Hall–Kier alpha value is -0.510. The van der Waals surface area contributed by atoms with E-state index in [1.54, 1.807) is 12.3 Å². The Morgan fingerprint density at radius 1 is 1.50 bits per heavy atom. The molecule has 1 heterocycles. The van der Waals surface area contributed by atoms with Crippen LogP contribution in [-0.4, -0.2) is 24.6 Å². The van der Waals surface area contributed by atoms with E-state index in [0.717, 1.165) is 18.9 Å². The smallest absolute Gasteiger partial charge is 0.147 e. The van der Waals surface area contributed by atoms with Crippen molar-refractivity contribution in [2.24, 2.45) is 11.7 Å². The summed E-state index contributed by atoms with van der Waals surface area (Å²) in [5.74, 6) is 1.18. The molecule has 0 saturated carbocycles. The van der Waals surface area contributed by atoms with Gasteiger partial charge < -0.3 is 10.6 Å². The van der Waals surface area contributed by atoms with Gasteiger partial charge in [-0.25, -0.2) is 4.98 Å². The summed E-state index contributed by atoms with van der Waals surface area (Å²) in [5, 5.41) is 1.13. The maximum Gasteiger partial charge on any atom is 0.147 e. The molecule has 5 heteroatoms. The third-order valence-corrected chi connectivity index (χ3v) is 2.89. The first-order valence-corrected chi connectivity index (χ1v) is 6.10. The van der Waals surface area contributed by atoms with Crippen molar-refractivity contribution in [3.05, 3.63) is 22.3 Å². The molecule has 0 saturated heterocycles. The van der Waals surface area contributed by atoms with Gasteiger partial charge in [-0.15, -0.1) is 0 Å². The summed E-state index contributed by atoms with van der Waals surface area (Å²) in [4.78, 5) is 6.36. The van der Waals surface area contributed by atoms with Gasteiger partial charge in [-0.1, -0.05) is 30.1 Å². The molecular weight excluding hydrogens is 245 g/mol. The molecule has 0 bridgehead atoms. The average Bonchev–Trinajstić information content (AvgIpc) is 2.26. The van der Waals surface area contributed by atoms with Gasteiger partial charge in [-0.2, -0.15) is 0 Å². The standard InChI is InChI=1S/C11H17Cl2N3/c1-3-16(7-8(2)5-14)11-10(13)4-9(12)6-15-11/h4,6,8H,3,5,7,14H2,1-2H3. The van der Waals surface area contributed by atoms with E-state index in [0.29, 0.717) is 22.5 Å². The number of nitrogens with zero attached hydrogens (tertiary/aromatic N) is 2. The van der Waals surface area contributed by atoms with Crippen LogP contribution in [0.5, 0.6) is 0 Å². The molecule has 0 spiro atoms. The van der Waals surface area contributed by atoms with Crippen LogP contribution in [-0.2, 0) is 0 Å². The second kappa shape index (κ2) is 6.28. The van der Waals surface area contributed by atoms with Crippen LogP contribution >= 0.6 is 23.2 Å². The molecule has 1 aromatic rings. The lowest BCUT2D eigenvalue weighted by Crippen LogP contribution is -2.32. The summed E-state index contributed by atoms with van der Waals surface area (Å²) in [6.07, 6.45) is 1.61. The van der Waals surface area contributed by atoms with Crippen molar-refractivity contribution in [1.82, 2.24) is 4.98 Å². The number of hydrogen-bond acceptors (Lipinski definition) is 3. The van der Waals surface area contributed by atoms with Crippen molar-refractivity contribution in [3.8, 4) is 0 Å². The highest BCUT2D eigenvalue weighted by Gasteiger charge is 2.13. The normalized spacial score (nSPS) is 12.6. The third-order valence-electron chi connectivity index (χ3n) is 2.40. The van der Waals surface area contributed by atoms with Crippen LogP contribution in [0.1, 0.15) is 13.8 Å². The van der Waals surface area contributed by atoms with Gasteiger partial charge in [-0.05, 0) is 25.5 Å². The Morgan fingerprint density at radius 2 is 2.19 bits per heavy atom. The van der Waals surface area contributed by atoms with E-state index < -0.39 is 0 Å². The van der Waals surface area contributed by atoms with Crippen LogP contribution < -0.4 is 10.6 Å².